The third-order valence-electron chi connectivity index (χ3n) is 4.06. The minimum atomic E-state index is -0.178. The molecule has 156 valence electrons. The fourth-order valence-corrected chi connectivity index (χ4v) is 4.54. The van der Waals surface area contributed by atoms with Crippen molar-refractivity contribution in [2.45, 2.75) is 6.42 Å². The first-order valence-electron chi connectivity index (χ1n) is 9.15. The molecule has 1 fully saturated rings. The lowest BCUT2D eigenvalue weighted by Crippen LogP contribution is -2.27. The van der Waals surface area contributed by atoms with Crippen molar-refractivity contribution in [3.63, 3.8) is 0 Å². The van der Waals surface area contributed by atoms with E-state index in [4.69, 9.17) is 44.9 Å². The molecule has 0 spiro atoms. The largest absolute Gasteiger partial charge is 0.493 e. The van der Waals surface area contributed by atoms with Gasteiger partial charge in [0.2, 0.25) is 0 Å². The van der Waals surface area contributed by atoms with Crippen LogP contribution in [0.3, 0.4) is 0 Å². The van der Waals surface area contributed by atoms with Gasteiger partial charge in [-0.1, -0.05) is 71.5 Å². The van der Waals surface area contributed by atoms with Crippen LogP contribution < -0.4 is 9.47 Å². The van der Waals surface area contributed by atoms with Gasteiger partial charge in [0.05, 0.1) is 23.1 Å². The van der Waals surface area contributed by atoms with Crippen LogP contribution in [0.2, 0.25) is 10.0 Å². The normalized spacial score (nSPS) is 15.0. The Labute approximate surface area is 195 Å². The van der Waals surface area contributed by atoms with Crippen molar-refractivity contribution in [2.75, 3.05) is 19.8 Å². The Bertz CT molecular complexity index is 980. The van der Waals surface area contributed by atoms with Crippen molar-refractivity contribution >= 4 is 63.5 Å². The number of halogens is 2. The van der Waals surface area contributed by atoms with Gasteiger partial charge < -0.3 is 9.47 Å². The lowest BCUT2D eigenvalue weighted by molar-refractivity contribution is -0.121. The number of thioether (sulfide) groups is 1. The Hall–Kier alpha value is -1.99. The summed E-state index contributed by atoms with van der Waals surface area (Å²) in [5.41, 5.74) is 0.621. The number of nitrogens with zero attached hydrogens (tertiary/aromatic N) is 1. The van der Waals surface area contributed by atoms with Crippen molar-refractivity contribution in [1.29, 1.82) is 0 Å². The first-order valence-corrected chi connectivity index (χ1v) is 11.1. The average Bonchev–Trinajstić information content (AvgIpc) is 2.98. The van der Waals surface area contributed by atoms with E-state index in [0.29, 0.717) is 56.8 Å². The lowest BCUT2D eigenvalue weighted by atomic mass is 10.1. The summed E-state index contributed by atoms with van der Waals surface area (Å²) in [6.45, 7) is 4.92. The summed E-state index contributed by atoms with van der Waals surface area (Å²) < 4.78 is 12.1. The van der Waals surface area contributed by atoms with Gasteiger partial charge in [0.1, 0.15) is 15.8 Å². The van der Waals surface area contributed by atoms with E-state index in [1.165, 1.54) is 16.7 Å². The number of para-hydroxylation sites is 1. The molecule has 1 aliphatic rings. The summed E-state index contributed by atoms with van der Waals surface area (Å²) in [7, 11) is 0. The van der Waals surface area contributed by atoms with E-state index in [0.717, 1.165) is 5.75 Å². The smallest absolute Gasteiger partial charge is 0.266 e. The van der Waals surface area contributed by atoms with Crippen molar-refractivity contribution in [3.8, 4) is 11.5 Å². The van der Waals surface area contributed by atoms with Gasteiger partial charge in [-0.3, -0.25) is 9.69 Å². The van der Waals surface area contributed by atoms with Gasteiger partial charge in [-0.25, -0.2) is 0 Å². The van der Waals surface area contributed by atoms with E-state index in [1.807, 2.05) is 30.3 Å². The third-order valence-corrected chi connectivity index (χ3v) is 5.93. The molecule has 0 aliphatic carbocycles. The van der Waals surface area contributed by atoms with Gasteiger partial charge in [0, 0.05) is 23.6 Å². The monoisotopic (exact) mass is 479 g/mol. The molecule has 0 unspecified atom stereocenters. The molecule has 0 atom stereocenters. The Balaban J connectivity index is 1.69. The summed E-state index contributed by atoms with van der Waals surface area (Å²) in [5.74, 6) is 1.10. The molecular weight excluding hydrogens is 461 g/mol. The van der Waals surface area contributed by atoms with E-state index < -0.39 is 0 Å². The first-order chi connectivity index (χ1) is 14.5. The van der Waals surface area contributed by atoms with Crippen molar-refractivity contribution < 1.29 is 14.3 Å². The molecule has 3 rings (SSSR count). The third kappa shape index (κ3) is 5.79. The van der Waals surface area contributed by atoms with Crippen LogP contribution in [-0.4, -0.2) is 34.9 Å². The Kier molecular flexibility index (Phi) is 8.22. The van der Waals surface area contributed by atoms with Crippen molar-refractivity contribution in [3.05, 3.63) is 75.6 Å². The highest BCUT2D eigenvalue weighted by Crippen LogP contribution is 2.38. The lowest BCUT2D eigenvalue weighted by Gasteiger charge is -2.13. The molecule has 0 radical (unpaired) electrons. The van der Waals surface area contributed by atoms with E-state index in [1.54, 1.807) is 24.3 Å². The van der Waals surface area contributed by atoms with E-state index >= 15 is 0 Å². The molecule has 4 nitrogen and oxygen atoms in total. The molecule has 1 aliphatic heterocycles. The predicted octanol–water partition coefficient (Wildman–Crippen LogP) is 6.23. The zero-order valence-electron chi connectivity index (χ0n) is 16.0. The summed E-state index contributed by atoms with van der Waals surface area (Å²) in [5, 5.41) is 0.826. The standard InChI is InChI=1S/C22H19Cl2NO3S2/c1-2-9-25-21(26)19(30-22(25)29)13-15-12-16(23)14-18(24)20(15)28-11-6-10-27-17-7-4-3-5-8-17/h2-5,7-8,12-14H,1,6,9-11H2/b19-13+. The summed E-state index contributed by atoms with van der Waals surface area (Å²) >= 11 is 19.0. The van der Waals surface area contributed by atoms with Crippen LogP contribution in [0.25, 0.3) is 6.08 Å². The number of hydrogen-bond donors (Lipinski definition) is 0. The number of rotatable bonds is 9. The molecule has 30 heavy (non-hydrogen) atoms. The average molecular weight is 480 g/mol. The van der Waals surface area contributed by atoms with Crippen LogP contribution in [0, 0.1) is 0 Å². The van der Waals surface area contributed by atoms with Gasteiger partial charge in [0.25, 0.3) is 5.91 Å². The number of amides is 1. The Morgan fingerprint density at radius 1 is 1.13 bits per heavy atom. The first kappa shape index (κ1) is 22.7. The molecule has 0 bridgehead atoms. The maximum atomic E-state index is 12.6. The van der Waals surface area contributed by atoms with Crippen LogP contribution in [-0.2, 0) is 4.79 Å². The van der Waals surface area contributed by atoms with Gasteiger partial charge in [-0.05, 0) is 30.3 Å². The Morgan fingerprint density at radius 3 is 2.60 bits per heavy atom. The second kappa shape index (κ2) is 10.9. The molecule has 0 N–H and O–H groups in total. The molecule has 1 amide bonds. The summed E-state index contributed by atoms with van der Waals surface area (Å²) in [4.78, 5) is 14.6. The highest BCUT2D eigenvalue weighted by Gasteiger charge is 2.31. The maximum absolute atomic E-state index is 12.6. The maximum Gasteiger partial charge on any atom is 0.266 e. The van der Waals surface area contributed by atoms with Crippen LogP contribution in [0.1, 0.15) is 12.0 Å². The fourth-order valence-electron chi connectivity index (χ4n) is 2.71. The molecule has 2 aromatic carbocycles. The minimum Gasteiger partial charge on any atom is -0.493 e. The van der Waals surface area contributed by atoms with Crippen LogP contribution in [0.4, 0.5) is 0 Å². The number of benzene rings is 2. The highest BCUT2D eigenvalue weighted by molar-refractivity contribution is 8.26. The number of ether oxygens (including phenoxy) is 2. The number of hydrogen-bond acceptors (Lipinski definition) is 5. The number of thiocarbonyl (C=S) groups is 1. The summed E-state index contributed by atoms with van der Waals surface area (Å²) in [6, 6.07) is 12.9. The van der Waals surface area contributed by atoms with E-state index in [9.17, 15) is 4.79 Å². The molecule has 0 saturated carbocycles. The SMILES string of the molecule is C=CCN1C(=O)/C(=C\c2cc(Cl)cc(Cl)c2OCCCOc2ccccc2)SC1=S. The molecular formula is C22H19Cl2NO3S2. The Morgan fingerprint density at radius 2 is 1.87 bits per heavy atom. The zero-order chi connectivity index (χ0) is 21.5. The quantitative estimate of drug-likeness (QED) is 0.184. The second-order valence-corrected chi connectivity index (χ2v) is 8.77. The molecule has 2 aromatic rings. The van der Waals surface area contributed by atoms with Gasteiger partial charge >= 0.3 is 0 Å². The highest BCUT2D eigenvalue weighted by atomic mass is 35.5. The van der Waals surface area contributed by atoms with Crippen molar-refractivity contribution in [2.24, 2.45) is 0 Å². The molecule has 0 aromatic heterocycles. The topological polar surface area (TPSA) is 38.8 Å². The van der Waals surface area contributed by atoms with Gasteiger partial charge in [0.15, 0.2) is 0 Å². The van der Waals surface area contributed by atoms with E-state index in [-0.39, 0.29) is 5.91 Å². The minimum absolute atomic E-state index is 0.178. The van der Waals surface area contributed by atoms with Crippen LogP contribution in [0.5, 0.6) is 11.5 Å². The molecule has 1 heterocycles. The number of carbonyl (C=O) groups is 1. The van der Waals surface area contributed by atoms with E-state index in [2.05, 4.69) is 6.58 Å². The van der Waals surface area contributed by atoms with Crippen LogP contribution in [0.15, 0.2) is 60.0 Å². The van der Waals surface area contributed by atoms with Crippen molar-refractivity contribution in [1.82, 2.24) is 4.90 Å². The van der Waals surface area contributed by atoms with Crippen LogP contribution >= 0.6 is 47.2 Å². The summed E-state index contributed by atoms with van der Waals surface area (Å²) in [6.07, 6.45) is 4.00. The predicted molar refractivity (Wildman–Crippen MR) is 129 cm³/mol. The second-order valence-electron chi connectivity index (χ2n) is 6.25. The number of carbonyl (C=O) groups excluding carboxylic acids is 1. The molecule has 1 saturated heterocycles. The molecule has 8 heteroatoms. The van der Waals surface area contributed by atoms with Gasteiger partial charge in [-0.2, -0.15) is 0 Å². The zero-order valence-corrected chi connectivity index (χ0v) is 19.1. The fraction of sp³-hybridized carbons (Fsp3) is 0.182. The van der Waals surface area contributed by atoms with Gasteiger partial charge in [-0.15, -0.1) is 6.58 Å².